The number of urea groups is 1. The molecule has 2 amide bonds. The minimum Gasteiger partial charge on any atom is -0.326 e. The standard InChI is InChI=1S/C14H21ClN4O/c1-18(10-11-19-8-6-16-7-9-19)14(20)17-13-5-3-2-4-12(13)15/h2-5,16H,6-11H2,1H3,(H,17,20). The molecule has 5 nitrogen and oxygen atoms in total. The number of rotatable bonds is 4. The number of piperazine rings is 1. The SMILES string of the molecule is CN(CCN1CCNCC1)C(=O)Nc1ccccc1Cl. The fourth-order valence-corrected chi connectivity index (χ4v) is 2.28. The van der Waals surface area contributed by atoms with Gasteiger partial charge in [0.15, 0.2) is 0 Å². The minimum absolute atomic E-state index is 0.131. The number of hydrogen-bond donors (Lipinski definition) is 2. The van der Waals surface area contributed by atoms with Gasteiger partial charge >= 0.3 is 6.03 Å². The van der Waals surface area contributed by atoms with Crippen molar-refractivity contribution in [2.75, 3.05) is 51.6 Å². The molecule has 20 heavy (non-hydrogen) atoms. The van der Waals surface area contributed by atoms with Gasteiger partial charge in [0.1, 0.15) is 0 Å². The number of para-hydroxylation sites is 1. The van der Waals surface area contributed by atoms with Gasteiger partial charge in [0.05, 0.1) is 10.7 Å². The van der Waals surface area contributed by atoms with Gasteiger partial charge in [-0.25, -0.2) is 4.79 Å². The zero-order valence-corrected chi connectivity index (χ0v) is 12.5. The van der Waals surface area contributed by atoms with E-state index < -0.39 is 0 Å². The van der Waals surface area contributed by atoms with E-state index in [9.17, 15) is 4.79 Å². The number of amides is 2. The molecule has 1 heterocycles. The highest BCUT2D eigenvalue weighted by Gasteiger charge is 2.13. The molecule has 1 aromatic carbocycles. The van der Waals surface area contributed by atoms with Crippen LogP contribution in [0.3, 0.4) is 0 Å². The summed E-state index contributed by atoms with van der Waals surface area (Å²) in [5.74, 6) is 0. The van der Waals surface area contributed by atoms with Gasteiger partial charge in [-0.15, -0.1) is 0 Å². The Bertz CT molecular complexity index is 449. The molecule has 0 spiro atoms. The maximum Gasteiger partial charge on any atom is 0.321 e. The molecule has 1 aliphatic rings. The van der Waals surface area contributed by atoms with E-state index in [4.69, 9.17) is 11.6 Å². The van der Waals surface area contributed by atoms with Gasteiger partial charge in [-0.3, -0.25) is 4.90 Å². The summed E-state index contributed by atoms with van der Waals surface area (Å²) < 4.78 is 0. The van der Waals surface area contributed by atoms with Crippen molar-refractivity contribution in [3.63, 3.8) is 0 Å². The number of carbonyl (C=O) groups is 1. The Balaban J connectivity index is 1.78. The van der Waals surface area contributed by atoms with E-state index in [1.807, 2.05) is 12.1 Å². The van der Waals surface area contributed by atoms with E-state index in [1.54, 1.807) is 24.1 Å². The summed E-state index contributed by atoms with van der Waals surface area (Å²) >= 11 is 6.02. The van der Waals surface area contributed by atoms with Crippen LogP contribution >= 0.6 is 11.6 Å². The Morgan fingerprint density at radius 2 is 2.10 bits per heavy atom. The third-order valence-electron chi connectivity index (χ3n) is 3.42. The smallest absolute Gasteiger partial charge is 0.321 e. The fraction of sp³-hybridized carbons (Fsp3) is 0.500. The molecule has 0 unspecified atom stereocenters. The van der Waals surface area contributed by atoms with E-state index in [1.165, 1.54) is 0 Å². The van der Waals surface area contributed by atoms with E-state index in [0.717, 1.165) is 32.7 Å². The number of nitrogens with one attached hydrogen (secondary N) is 2. The van der Waals surface area contributed by atoms with Crippen molar-refractivity contribution in [1.29, 1.82) is 0 Å². The highest BCUT2D eigenvalue weighted by molar-refractivity contribution is 6.33. The van der Waals surface area contributed by atoms with Crippen molar-refractivity contribution in [2.24, 2.45) is 0 Å². The van der Waals surface area contributed by atoms with Gasteiger partial charge in [-0.05, 0) is 12.1 Å². The maximum atomic E-state index is 12.1. The normalized spacial score (nSPS) is 15.9. The maximum absolute atomic E-state index is 12.1. The first-order valence-electron chi connectivity index (χ1n) is 6.86. The fourth-order valence-electron chi connectivity index (χ4n) is 2.10. The highest BCUT2D eigenvalue weighted by atomic mass is 35.5. The second-order valence-electron chi connectivity index (χ2n) is 4.92. The highest BCUT2D eigenvalue weighted by Crippen LogP contribution is 2.20. The summed E-state index contributed by atoms with van der Waals surface area (Å²) in [6, 6.07) is 7.12. The summed E-state index contributed by atoms with van der Waals surface area (Å²) in [6.45, 7) is 5.73. The molecule has 0 aliphatic carbocycles. The summed E-state index contributed by atoms with van der Waals surface area (Å²) in [6.07, 6.45) is 0. The molecule has 110 valence electrons. The van der Waals surface area contributed by atoms with Crippen LogP contribution in [0.1, 0.15) is 0 Å². The van der Waals surface area contributed by atoms with Gasteiger partial charge in [0, 0.05) is 46.3 Å². The Labute approximate surface area is 124 Å². The Morgan fingerprint density at radius 1 is 1.40 bits per heavy atom. The Hall–Kier alpha value is -1.30. The van der Waals surface area contributed by atoms with Crippen molar-refractivity contribution >= 4 is 23.3 Å². The molecule has 1 fully saturated rings. The lowest BCUT2D eigenvalue weighted by Gasteiger charge is -2.29. The molecule has 1 aromatic rings. The minimum atomic E-state index is -0.131. The van der Waals surface area contributed by atoms with Gasteiger partial charge in [-0.1, -0.05) is 23.7 Å². The number of hydrogen-bond acceptors (Lipinski definition) is 3. The van der Waals surface area contributed by atoms with Gasteiger partial charge in [0.25, 0.3) is 0 Å². The zero-order chi connectivity index (χ0) is 14.4. The quantitative estimate of drug-likeness (QED) is 0.889. The van der Waals surface area contributed by atoms with Crippen LogP contribution in [0.15, 0.2) is 24.3 Å². The third kappa shape index (κ3) is 4.37. The average molecular weight is 297 g/mol. The first-order chi connectivity index (χ1) is 9.66. The Kier molecular flexibility index (Phi) is 5.64. The molecule has 0 bridgehead atoms. The van der Waals surface area contributed by atoms with Crippen molar-refractivity contribution in [1.82, 2.24) is 15.1 Å². The van der Waals surface area contributed by atoms with Crippen LogP contribution in [0.25, 0.3) is 0 Å². The molecule has 0 aromatic heterocycles. The van der Waals surface area contributed by atoms with Gasteiger partial charge < -0.3 is 15.5 Å². The van der Waals surface area contributed by atoms with Gasteiger partial charge in [-0.2, -0.15) is 0 Å². The number of halogens is 1. The van der Waals surface area contributed by atoms with Crippen LogP contribution in [0.4, 0.5) is 10.5 Å². The van der Waals surface area contributed by atoms with Crippen LogP contribution in [-0.2, 0) is 0 Å². The molecule has 2 rings (SSSR count). The Morgan fingerprint density at radius 3 is 2.80 bits per heavy atom. The number of anilines is 1. The lowest BCUT2D eigenvalue weighted by Crippen LogP contribution is -2.46. The van der Waals surface area contributed by atoms with E-state index in [-0.39, 0.29) is 6.03 Å². The largest absolute Gasteiger partial charge is 0.326 e. The van der Waals surface area contributed by atoms with Crippen LogP contribution in [0.2, 0.25) is 5.02 Å². The number of likely N-dealkylation sites (N-methyl/N-ethyl adjacent to an activating group) is 1. The zero-order valence-electron chi connectivity index (χ0n) is 11.7. The molecule has 0 atom stereocenters. The topological polar surface area (TPSA) is 47.6 Å². The van der Waals surface area contributed by atoms with Crippen LogP contribution in [0, 0.1) is 0 Å². The van der Waals surface area contributed by atoms with E-state index in [2.05, 4.69) is 15.5 Å². The monoisotopic (exact) mass is 296 g/mol. The molecular weight excluding hydrogens is 276 g/mol. The first-order valence-corrected chi connectivity index (χ1v) is 7.24. The molecule has 1 saturated heterocycles. The van der Waals surface area contributed by atoms with Crippen molar-refractivity contribution in [3.8, 4) is 0 Å². The summed E-state index contributed by atoms with van der Waals surface area (Å²) in [4.78, 5) is 16.1. The second kappa shape index (κ2) is 7.47. The van der Waals surface area contributed by atoms with E-state index in [0.29, 0.717) is 17.3 Å². The summed E-state index contributed by atoms with van der Waals surface area (Å²) in [5, 5.41) is 6.69. The predicted molar refractivity (Wildman–Crippen MR) is 82.4 cm³/mol. The van der Waals surface area contributed by atoms with Crippen LogP contribution in [-0.4, -0.2) is 62.1 Å². The molecule has 6 heteroatoms. The van der Waals surface area contributed by atoms with Crippen molar-refractivity contribution < 1.29 is 4.79 Å². The van der Waals surface area contributed by atoms with Crippen molar-refractivity contribution in [2.45, 2.75) is 0 Å². The van der Waals surface area contributed by atoms with Crippen LogP contribution in [0.5, 0.6) is 0 Å². The molecule has 0 saturated carbocycles. The summed E-state index contributed by atoms with van der Waals surface area (Å²) in [5.41, 5.74) is 0.646. The molecular formula is C14H21ClN4O. The molecule has 0 radical (unpaired) electrons. The predicted octanol–water partition coefficient (Wildman–Crippen LogP) is 1.71. The average Bonchev–Trinajstić information content (AvgIpc) is 2.48. The van der Waals surface area contributed by atoms with Crippen LogP contribution < -0.4 is 10.6 Å². The van der Waals surface area contributed by atoms with Crippen molar-refractivity contribution in [3.05, 3.63) is 29.3 Å². The first kappa shape index (κ1) is 15.1. The lowest BCUT2D eigenvalue weighted by molar-refractivity contribution is 0.197. The lowest BCUT2D eigenvalue weighted by atomic mass is 10.3. The number of benzene rings is 1. The van der Waals surface area contributed by atoms with E-state index >= 15 is 0 Å². The molecule has 1 aliphatic heterocycles. The third-order valence-corrected chi connectivity index (χ3v) is 3.75. The number of nitrogens with zero attached hydrogens (tertiary/aromatic N) is 2. The number of carbonyl (C=O) groups excluding carboxylic acids is 1. The summed E-state index contributed by atoms with van der Waals surface area (Å²) in [7, 11) is 1.80. The van der Waals surface area contributed by atoms with Gasteiger partial charge in [0.2, 0.25) is 0 Å². The second-order valence-corrected chi connectivity index (χ2v) is 5.33. The molecule has 2 N–H and O–H groups in total.